The van der Waals surface area contributed by atoms with Crippen LogP contribution in [0.1, 0.15) is 12.8 Å². The molecule has 0 aromatic heterocycles. The van der Waals surface area contributed by atoms with Crippen LogP contribution in [0.4, 0.5) is 0 Å². The molecule has 1 aliphatic carbocycles. The van der Waals surface area contributed by atoms with E-state index in [4.69, 9.17) is 4.74 Å². The van der Waals surface area contributed by atoms with Gasteiger partial charge in [-0.05, 0) is 12.8 Å². The topological polar surface area (TPSA) is 44.8 Å². The van der Waals surface area contributed by atoms with E-state index >= 15 is 0 Å². The van der Waals surface area contributed by atoms with E-state index in [0.29, 0.717) is 13.2 Å². The van der Waals surface area contributed by atoms with Crippen LogP contribution in [-0.4, -0.2) is 73.7 Å². The molecular formula is C12H23Cl2N3O2. The van der Waals surface area contributed by atoms with Crippen LogP contribution < -0.4 is 5.32 Å². The van der Waals surface area contributed by atoms with Crippen molar-refractivity contribution in [3.63, 3.8) is 0 Å². The van der Waals surface area contributed by atoms with Crippen LogP contribution in [-0.2, 0) is 9.53 Å². The maximum absolute atomic E-state index is 12.2. The number of nitrogens with one attached hydrogen (secondary N) is 1. The number of rotatable bonds is 2. The Bertz CT molecular complexity index is 289. The molecule has 2 heterocycles. The number of nitrogens with zero attached hydrogens (tertiary/aromatic N) is 2. The summed E-state index contributed by atoms with van der Waals surface area (Å²) in [6.45, 7) is 6.00. The van der Waals surface area contributed by atoms with Crippen molar-refractivity contribution < 1.29 is 9.53 Å². The van der Waals surface area contributed by atoms with Crippen molar-refractivity contribution >= 4 is 30.7 Å². The molecule has 2 saturated heterocycles. The molecule has 0 bridgehead atoms. The van der Waals surface area contributed by atoms with E-state index in [9.17, 15) is 4.79 Å². The minimum absolute atomic E-state index is 0. The minimum atomic E-state index is -0.253. The second-order valence-electron chi connectivity index (χ2n) is 5.16. The summed E-state index contributed by atoms with van der Waals surface area (Å²) in [4.78, 5) is 16.7. The van der Waals surface area contributed by atoms with Crippen LogP contribution in [0.15, 0.2) is 0 Å². The summed E-state index contributed by atoms with van der Waals surface area (Å²) in [6, 6.07) is 0.819. The number of hydrogen-bond acceptors (Lipinski definition) is 4. The van der Waals surface area contributed by atoms with Crippen molar-refractivity contribution in [1.82, 2.24) is 15.1 Å². The van der Waals surface area contributed by atoms with Gasteiger partial charge in [0.25, 0.3) is 5.91 Å². The Morgan fingerprint density at radius 1 is 1.11 bits per heavy atom. The molecule has 0 aromatic carbocycles. The van der Waals surface area contributed by atoms with Gasteiger partial charge in [0.1, 0.15) is 6.10 Å². The lowest BCUT2D eigenvalue weighted by molar-refractivity contribution is -0.147. The molecule has 0 spiro atoms. The maximum atomic E-state index is 12.2. The number of carbonyl (C=O) groups excluding carboxylic acids is 1. The van der Waals surface area contributed by atoms with Gasteiger partial charge in [-0.25, -0.2) is 0 Å². The first-order valence-corrected chi connectivity index (χ1v) is 6.70. The van der Waals surface area contributed by atoms with Gasteiger partial charge in [0.15, 0.2) is 0 Å². The Balaban J connectivity index is 0.000000902. The van der Waals surface area contributed by atoms with Crippen molar-refractivity contribution in [1.29, 1.82) is 0 Å². The monoisotopic (exact) mass is 311 g/mol. The van der Waals surface area contributed by atoms with Gasteiger partial charge in [-0.15, -0.1) is 24.8 Å². The molecule has 0 radical (unpaired) electrons. The zero-order chi connectivity index (χ0) is 11.7. The first kappa shape index (κ1) is 17.0. The molecule has 5 nitrogen and oxygen atoms in total. The minimum Gasteiger partial charge on any atom is -0.366 e. The summed E-state index contributed by atoms with van der Waals surface area (Å²) in [5, 5.41) is 3.21. The summed E-state index contributed by atoms with van der Waals surface area (Å²) >= 11 is 0. The van der Waals surface area contributed by atoms with Gasteiger partial charge in [-0.1, -0.05) is 0 Å². The number of amides is 1. The van der Waals surface area contributed by atoms with E-state index in [1.807, 2.05) is 4.90 Å². The number of hydrogen-bond donors (Lipinski definition) is 1. The zero-order valence-corrected chi connectivity index (χ0v) is 12.7. The van der Waals surface area contributed by atoms with Crippen molar-refractivity contribution in [2.24, 2.45) is 0 Å². The van der Waals surface area contributed by atoms with Gasteiger partial charge in [-0.3, -0.25) is 9.69 Å². The van der Waals surface area contributed by atoms with E-state index in [2.05, 4.69) is 10.2 Å². The highest BCUT2D eigenvalue weighted by molar-refractivity contribution is 5.85. The third kappa shape index (κ3) is 4.20. The fourth-order valence-corrected chi connectivity index (χ4v) is 2.67. The molecule has 3 rings (SSSR count). The standard InChI is InChI=1S/C12H21N3O2.2ClH/c16-12(11-9-13-3-8-17-11)15-6-4-14(5-7-15)10-1-2-10;;/h10-11,13H,1-9H2;2*1H. The summed E-state index contributed by atoms with van der Waals surface area (Å²) in [5.41, 5.74) is 0. The average Bonchev–Trinajstić information content (AvgIpc) is 3.24. The number of halogens is 2. The molecule has 1 unspecified atom stereocenters. The summed E-state index contributed by atoms with van der Waals surface area (Å²) in [6.07, 6.45) is 2.45. The number of ether oxygens (including phenoxy) is 1. The summed E-state index contributed by atoms with van der Waals surface area (Å²) in [5.74, 6) is 0.174. The Morgan fingerprint density at radius 2 is 1.79 bits per heavy atom. The average molecular weight is 312 g/mol. The maximum Gasteiger partial charge on any atom is 0.253 e. The lowest BCUT2D eigenvalue weighted by atomic mass is 10.2. The summed E-state index contributed by atoms with van der Waals surface area (Å²) < 4.78 is 5.51. The van der Waals surface area contributed by atoms with Crippen molar-refractivity contribution in [3.05, 3.63) is 0 Å². The first-order chi connectivity index (χ1) is 8.34. The molecule has 7 heteroatoms. The molecule has 1 amide bonds. The molecule has 0 aromatic rings. The quantitative estimate of drug-likeness (QED) is 0.787. The van der Waals surface area contributed by atoms with Crippen molar-refractivity contribution in [3.8, 4) is 0 Å². The Kier molecular flexibility index (Phi) is 6.83. The third-order valence-corrected chi connectivity index (χ3v) is 3.89. The molecule has 1 saturated carbocycles. The van der Waals surface area contributed by atoms with Gasteiger partial charge in [0.2, 0.25) is 0 Å². The molecular weight excluding hydrogens is 289 g/mol. The first-order valence-electron chi connectivity index (χ1n) is 6.70. The second-order valence-corrected chi connectivity index (χ2v) is 5.16. The number of morpholine rings is 1. The summed E-state index contributed by atoms with van der Waals surface area (Å²) in [7, 11) is 0. The van der Waals surface area contributed by atoms with E-state index in [-0.39, 0.29) is 36.8 Å². The van der Waals surface area contributed by atoms with Crippen molar-refractivity contribution in [2.45, 2.75) is 25.0 Å². The largest absolute Gasteiger partial charge is 0.366 e. The van der Waals surface area contributed by atoms with Crippen LogP contribution in [0.25, 0.3) is 0 Å². The molecule has 112 valence electrons. The number of carbonyl (C=O) groups is 1. The normalized spacial score (nSPS) is 28.2. The van der Waals surface area contributed by atoms with Crippen LogP contribution in [0.5, 0.6) is 0 Å². The Morgan fingerprint density at radius 3 is 2.32 bits per heavy atom. The molecule has 19 heavy (non-hydrogen) atoms. The van der Waals surface area contributed by atoms with Crippen LogP contribution in [0.2, 0.25) is 0 Å². The number of piperazine rings is 1. The van der Waals surface area contributed by atoms with Gasteiger partial charge in [0, 0.05) is 45.3 Å². The van der Waals surface area contributed by atoms with E-state index in [0.717, 1.165) is 38.8 Å². The van der Waals surface area contributed by atoms with E-state index < -0.39 is 0 Å². The molecule has 1 N–H and O–H groups in total. The van der Waals surface area contributed by atoms with Crippen LogP contribution in [0.3, 0.4) is 0 Å². The predicted octanol–water partition coefficient (Wildman–Crippen LogP) is 0.125. The van der Waals surface area contributed by atoms with Crippen LogP contribution >= 0.6 is 24.8 Å². The third-order valence-electron chi connectivity index (χ3n) is 3.89. The highest BCUT2D eigenvalue weighted by atomic mass is 35.5. The zero-order valence-electron chi connectivity index (χ0n) is 11.0. The molecule has 2 aliphatic heterocycles. The lowest BCUT2D eigenvalue weighted by Crippen LogP contribution is -2.55. The Hall–Kier alpha value is -0.0700. The van der Waals surface area contributed by atoms with Crippen LogP contribution in [0, 0.1) is 0 Å². The van der Waals surface area contributed by atoms with Crippen molar-refractivity contribution in [2.75, 3.05) is 45.9 Å². The van der Waals surface area contributed by atoms with Gasteiger partial charge in [-0.2, -0.15) is 0 Å². The fraction of sp³-hybridized carbons (Fsp3) is 0.917. The Labute approximate surface area is 126 Å². The molecule has 3 fully saturated rings. The predicted molar refractivity (Wildman–Crippen MR) is 78.3 cm³/mol. The lowest BCUT2D eigenvalue weighted by Gasteiger charge is -2.37. The van der Waals surface area contributed by atoms with Gasteiger partial charge < -0.3 is 15.0 Å². The highest BCUT2D eigenvalue weighted by Crippen LogP contribution is 2.27. The van der Waals surface area contributed by atoms with Gasteiger partial charge in [0.05, 0.1) is 6.61 Å². The molecule has 1 atom stereocenters. The smallest absolute Gasteiger partial charge is 0.253 e. The SMILES string of the molecule is Cl.Cl.O=C(C1CNCCO1)N1CCN(C2CC2)CC1. The van der Waals surface area contributed by atoms with Gasteiger partial charge >= 0.3 is 0 Å². The molecule has 3 aliphatic rings. The van der Waals surface area contributed by atoms with E-state index in [1.165, 1.54) is 12.8 Å². The second kappa shape index (κ2) is 7.64. The fourth-order valence-electron chi connectivity index (χ4n) is 2.67. The van der Waals surface area contributed by atoms with E-state index in [1.54, 1.807) is 0 Å². The highest BCUT2D eigenvalue weighted by Gasteiger charge is 2.34.